The Kier molecular flexibility index (Phi) is 5.67. The molecule has 1 heterocycles. The first-order valence-corrected chi connectivity index (χ1v) is 7.43. The topological polar surface area (TPSA) is 26.7 Å². The number of hydrogen-bond donors (Lipinski definition) is 1. The molecule has 0 bridgehead atoms. The van der Waals surface area contributed by atoms with Crippen LogP contribution in [-0.2, 0) is 6.54 Å². The summed E-state index contributed by atoms with van der Waals surface area (Å²) in [6.45, 7) is 4.75. The number of anilines is 1. The highest BCUT2D eigenvalue weighted by Gasteiger charge is 2.15. The molecule has 1 N–H and O–H groups in total. The van der Waals surface area contributed by atoms with E-state index >= 15 is 0 Å². The summed E-state index contributed by atoms with van der Waals surface area (Å²) in [4.78, 5) is 4.86. The van der Waals surface area contributed by atoms with Crippen molar-refractivity contribution in [3.63, 3.8) is 0 Å². The summed E-state index contributed by atoms with van der Waals surface area (Å²) in [5, 5.41) is 8.83. The number of hydrogen-bond acceptors (Lipinski definition) is 3. The molecule has 0 saturated carbocycles. The zero-order chi connectivity index (χ0) is 13.5. The van der Waals surface area contributed by atoms with E-state index in [9.17, 15) is 0 Å². The van der Waals surface area contributed by atoms with E-state index in [0.717, 1.165) is 25.9 Å². The Morgan fingerprint density at radius 3 is 2.63 bits per heavy atom. The van der Waals surface area contributed by atoms with Gasteiger partial charge in [0, 0.05) is 31.9 Å². The van der Waals surface area contributed by atoms with Gasteiger partial charge in [-0.25, -0.2) is 0 Å². The molecule has 2 rings (SSSR count). The van der Waals surface area contributed by atoms with Crippen molar-refractivity contribution >= 4 is 5.69 Å². The minimum atomic E-state index is 0.304. The summed E-state index contributed by atoms with van der Waals surface area (Å²) in [5.41, 5.74) is 2.84. The molecule has 19 heavy (non-hydrogen) atoms. The predicted molar refractivity (Wildman–Crippen MR) is 80.5 cm³/mol. The van der Waals surface area contributed by atoms with Crippen LogP contribution >= 0.6 is 0 Å². The van der Waals surface area contributed by atoms with Gasteiger partial charge in [0.25, 0.3) is 0 Å². The van der Waals surface area contributed by atoms with E-state index in [1.165, 1.54) is 37.2 Å². The minimum absolute atomic E-state index is 0.304. The lowest BCUT2D eigenvalue weighted by Gasteiger charge is -2.24. The predicted octanol–water partition coefficient (Wildman–Crippen LogP) is 2.49. The van der Waals surface area contributed by atoms with E-state index in [0.29, 0.717) is 6.61 Å². The Bertz CT molecular complexity index is 375. The Morgan fingerprint density at radius 2 is 1.89 bits per heavy atom. The fraction of sp³-hybridized carbons (Fsp3) is 0.625. The molecule has 1 fully saturated rings. The van der Waals surface area contributed by atoms with Gasteiger partial charge in [0.15, 0.2) is 0 Å². The van der Waals surface area contributed by atoms with Gasteiger partial charge >= 0.3 is 0 Å². The Hall–Kier alpha value is -1.06. The molecule has 106 valence electrons. The summed E-state index contributed by atoms with van der Waals surface area (Å²) in [6, 6.07) is 8.78. The Labute approximate surface area is 116 Å². The second-order valence-electron chi connectivity index (χ2n) is 5.49. The molecule has 1 aromatic carbocycles. The molecule has 1 aromatic rings. The first-order valence-electron chi connectivity index (χ1n) is 7.43. The van der Waals surface area contributed by atoms with Crippen molar-refractivity contribution < 1.29 is 5.11 Å². The maximum atomic E-state index is 8.83. The van der Waals surface area contributed by atoms with Crippen LogP contribution in [0.5, 0.6) is 0 Å². The molecule has 0 atom stereocenters. The maximum Gasteiger partial charge on any atom is 0.0431 e. The lowest BCUT2D eigenvalue weighted by molar-refractivity contribution is 0.261. The van der Waals surface area contributed by atoms with Crippen molar-refractivity contribution in [3.8, 4) is 0 Å². The molecule has 0 aliphatic carbocycles. The molecule has 3 heteroatoms. The summed E-state index contributed by atoms with van der Waals surface area (Å²) >= 11 is 0. The van der Waals surface area contributed by atoms with Crippen LogP contribution in [0.3, 0.4) is 0 Å². The molecule has 0 aromatic heterocycles. The van der Waals surface area contributed by atoms with Crippen molar-refractivity contribution in [2.45, 2.75) is 32.2 Å². The van der Waals surface area contributed by atoms with Gasteiger partial charge in [-0.15, -0.1) is 0 Å². The largest absolute Gasteiger partial charge is 0.396 e. The third kappa shape index (κ3) is 4.22. The minimum Gasteiger partial charge on any atom is -0.396 e. The average Bonchev–Trinajstić information content (AvgIpc) is 2.93. The van der Waals surface area contributed by atoms with Crippen molar-refractivity contribution in [1.29, 1.82) is 0 Å². The smallest absolute Gasteiger partial charge is 0.0431 e. The van der Waals surface area contributed by atoms with E-state index in [4.69, 9.17) is 5.11 Å². The molecular weight excluding hydrogens is 236 g/mol. The van der Waals surface area contributed by atoms with Gasteiger partial charge in [0.05, 0.1) is 0 Å². The highest BCUT2D eigenvalue weighted by molar-refractivity contribution is 5.54. The Morgan fingerprint density at radius 1 is 1.16 bits per heavy atom. The van der Waals surface area contributed by atoms with Gasteiger partial charge in [-0.05, 0) is 50.9 Å². The van der Waals surface area contributed by atoms with Crippen LogP contribution in [-0.4, -0.2) is 43.3 Å². The van der Waals surface area contributed by atoms with E-state index in [2.05, 4.69) is 41.1 Å². The van der Waals surface area contributed by atoms with Gasteiger partial charge in [-0.1, -0.05) is 18.2 Å². The third-order valence-corrected chi connectivity index (χ3v) is 3.83. The second kappa shape index (κ2) is 7.51. The first kappa shape index (κ1) is 14.4. The van der Waals surface area contributed by atoms with Crippen LogP contribution in [0.2, 0.25) is 0 Å². The zero-order valence-electron chi connectivity index (χ0n) is 12.0. The van der Waals surface area contributed by atoms with E-state index < -0.39 is 0 Å². The number of unbranched alkanes of at least 4 members (excludes halogenated alkanes) is 1. The molecule has 3 nitrogen and oxygen atoms in total. The molecule has 1 aliphatic heterocycles. The van der Waals surface area contributed by atoms with Crippen LogP contribution < -0.4 is 4.90 Å². The normalized spacial score (nSPS) is 15.4. The second-order valence-corrected chi connectivity index (χ2v) is 5.49. The molecule has 0 radical (unpaired) electrons. The molecule has 1 aliphatic rings. The van der Waals surface area contributed by atoms with Crippen LogP contribution in [0, 0.1) is 0 Å². The van der Waals surface area contributed by atoms with Crippen molar-refractivity contribution in [1.82, 2.24) is 4.90 Å². The molecule has 0 amide bonds. The summed E-state index contributed by atoms with van der Waals surface area (Å²) in [7, 11) is 2.16. The van der Waals surface area contributed by atoms with E-state index in [1.54, 1.807) is 0 Å². The maximum absolute atomic E-state index is 8.83. The first-order chi connectivity index (χ1) is 9.31. The number of aliphatic hydroxyl groups is 1. The molecular formula is C16H26N2O. The number of nitrogens with zero attached hydrogens (tertiary/aromatic N) is 2. The average molecular weight is 262 g/mol. The van der Waals surface area contributed by atoms with E-state index in [-0.39, 0.29) is 0 Å². The van der Waals surface area contributed by atoms with Crippen molar-refractivity contribution in [2.75, 3.05) is 38.2 Å². The van der Waals surface area contributed by atoms with Crippen LogP contribution in [0.4, 0.5) is 5.69 Å². The van der Waals surface area contributed by atoms with Gasteiger partial charge in [-0.3, -0.25) is 0 Å². The van der Waals surface area contributed by atoms with Crippen LogP contribution in [0.15, 0.2) is 24.3 Å². The number of para-hydroxylation sites is 1. The summed E-state index contributed by atoms with van der Waals surface area (Å²) in [5.74, 6) is 0. The quantitative estimate of drug-likeness (QED) is 0.765. The summed E-state index contributed by atoms with van der Waals surface area (Å²) in [6.07, 6.45) is 4.61. The highest BCUT2D eigenvalue weighted by atomic mass is 16.2. The number of benzene rings is 1. The zero-order valence-corrected chi connectivity index (χ0v) is 12.0. The van der Waals surface area contributed by atoms with E-state index in [1.807, 2.05) is 0 Å². The molecule has 0 spiro atoms. The monoisotopic (exact) mass is 262 g/mol. The highest BCUT2D eigenvalue weighted by Crippen LogP contribution is 2.25. The fourth-order valence-corrected chi connectivity index (χ4v) is 2.77. The molecule has 1 saturated heterocycles. The van der Waals surface area contributed by atoms with Gasteiger partial charge < -0.3 is 14.9 Å². The molecule has 0 unspecified atom stereocenters. The SMILES string of the molecule is CN(CCCCO)Cc1ccccc1N1CCCC1. The van der Waals surface area contributed by atoms with Gasteiger partial charge in [0.1, 0.15) is 0 Å². The lowest BCUT2D eigenvalue weighted by atomic mass is 10.1. The number of rotatable bonds is 7. The van der Waals surface area contributed by atoms with Crippen LogP contribution in [0.25, 0.3) is 0 Å². The third-order valence-electron chi connectivity index (χ3n) is 3.83. The van der Waals surface area contributed by atoms with Crippen LogP contribution in [0.1, 0.15) is 31.2 Å². The Balaban J connectivity index is 1.95. The fourth-order valence-electron chi connectivity index (χ4n) is 2.77. The van der Waals surface area contributed by atoms with Gasteiger partial charge in [-0.2, -0.15) is 0 Å². The summed E-state index contributed by atoms with van der Waals surface area (Å²) < 4.78 is 0. The van der Waals surface area contributed by atoms with Crippen molar-refractivity contribution in [3.05, 3.63) is 29.8 Å². The standard InChI is InChI=1S/C16H26N2O/c1-17(10-6-7-13-19)14-15-8-2-3-9-16(15)18-11-4-5-12-18/h2-3,8-9,19H,4-7,10-14H2,1H3. The van der Waals surface area contributed by atoms with Crippen molar-refractivity contribution in [2.24, 2.45) is 0 Å². The number of aliphatic hydroxyl groups excluding tert-OH is 1. The lowest BCUT2D eigenvalue weighted by Crippen LogP contribution is -2.23. The van der Waals surface area contributed by atoms with Gasteiger partial charge in [0.2, 0.25) is 0 Å².